The Hall–Kier alpha value is -4.04. The lowest BCUT2D eigenvalue weighted by molar-refractivity contribution is 0.174. The molecule has 0 spiro atoms. The highest BCUT2D eigenvalue weighted by Crippen LogP contribution is 2.46. The Morgan fingerprint density at radius 1 is 0.972 bits per heavy atom. The minimum atomic E-state index is -0.131. The minimum absolute atomic E-state index is 0.119. The van der Waals surface area contributed by atoms with Gasteiger partial charge in [0.15, 0.2) is 16.6 Å². The average Bonchev–Trinajstić information content (AvgIpc) is 3.59. The number of rotatable bonds is 5. The molecule has 2 aromatic carbocycles. The normalized spacial score (nSPS) is 18.4. The molecule has 2 aromatic heterocycles. The molecule has 2 aliphatic rings. The third kappa shape index (κ3) is 3.65. The smallest absolute Gasteiger partial charge is 0.231 e. The molecule has 0 amide bonds. The van der Waals surface area contributed by atoms with Gasteiger partial charge in [0.1, 0.15) is 5.75 Å². The first-order valence-electron chi connectivity index (χ1n) is 11.8. The van der Waals surface area contributed by atoms with Gasteiger partial charge in [-0.2, -0.15) is 0 Å². The summed E-state index contributed by atoms with van der Waals surface area (Å²) in [5.41, 5.74) is 6.40. The SMILES string of the molecule is COc1ccc(-n2c(C)cc([C@@H]3[C@H](c4ccccn4)NC(=S)N3c3ccc4c(c3)OCO4)c2C)cc1. The number of hydrogen-bond acceptors (Lipinski definition) is 5. The third-order valence-corrected chi connectivity index (χ3v) is 7.17. The van der Waals surface area contributed by atoms with Crippen LogP contribution in [0.4, 0.5) is 5.69 Å². The molecule has 2 atom stereocenters. The lowest BCUT2D eigenvalue weighted by Gasteiger charge is -2.28. The van der Waals surface area contributed by atoms with E-state index in [1.165, 1.54) is 5.56 Å². The highest BCUT2D eigenvalue weighted by molar-refractivity contribution is 7.80. The number of methoxy groups -OCH3 is 1. The van der Waals surface area contributed by atoms with Crippen LogP contribution in [0.1, 0.15) is 34.7 Å². The Balaban J connectivity index is 1.49. The number of nitrogens with one attached hydrogen (secondary N) is 1. The van der Waals surface area contributed by atoms with E-state index in [-0.39, 0.29) is 18.9 Å². The fourth-order valence-corrected chi connectivity index (χ4v) is 5.55. The topological polar surface area (TPSA) is 60.8 Å². The van der Waals surface area contributed by atoms with Crippen molar-refractivity contribution >= 4 is 23.0 Å². The summed E-state index contributed by atoms with van der Waals surface area (Å²) >= 11 is 5.90. The van der Waals surface area contributed by atoms with Gasteiger partial charge < -0.3 is 29.0 Å². The van der Waals surface area contributed by atoms with Crippen molar-refractivity contribution in [2.24, 2.45) is 0 Å². The van der Waals surface area contributed by atoms with Gasteiger partial charge in [-0.05, 0) is 86.2 Å². The van der Waals surface area contributed by atoms with Crippen LogP contribution in [-0.4, -0.2) is 28.6 Å². The van der Waals surface area contributed by atoms with E-state index in [1.807, 2.05) is 54.7 Å². The van der Waals surface area contributed by atoms with Gasteiger partial charge >= 0.3 is 0 Å². The summed E-state index contributed by atoms with van der Waals surface area (Å²) in [5, 5.41) is 4.19. The number of aryl methyl sites for hydroxylation is 1. The van der Waals surface area contributed by atoms with Gasteiger partial charge in [-0.1, -0.05) is 6.07 Å². The first-order valence-corrected chi connectivity index (χ1v) is 12.2. The van der Waals surface area contributed by atoms with E-state index >= 15 is 0 Å². The number of ether oxygens (including phenoxy) is 3. The molecule has 182 valence electrons. The molecule has 1 fully saturated rings. The number of benzene rings is 2. The van der Waals surface area contributed by atoms with Crippen LogP contribution in [-0.2, 0) is 0 Å². The van der Waals surface area contributed by atoms with Gasteiger partial charge in [0.05, 0.1) is 24.9 Å². The van der Waals surface area contributed by atoms with Gasteiger partial charge in [-0.25, -0.2) is 0 Å². The summed E-state index contributed by atoms with van der Waals surface area (Å²) in [4.78, 5) is 6.84. The molecule has 8 heteroatoms. The molecule has 4 heterocycles. The average molecular weight is 499 g/mol. The van der Waals surface area contributed by atoms with E-state index in [0.717, 1.165) is 45.7 Å². The van der Waals surface area contributed by atoms with Crippen molar-refractivity contribution in [3.63, 3.8) is 0 Å². The van der Waals surface area contributed by atoms with Crippen LogP contribution < -0.4 is 24.4 Å². The van der Waals surface area contributed by atoms with E-state index in [4.69, 9.17) is 26.4 Å². The van der Waals surface area contributed by atoms with Crippen molar-refractivity contribution in [1.82, 2.24) is 14.9 Å². The lowest BCUT2D eigenvalue weighted by atomic mass is 9.96. The number of anilines is 1. The zero-order valence-corrected chi connectivity index (χ0v) is 21.1. The second kappa shape index (κ2) is 8.87. The second-order valence-electron chi connectivity index (χ2n) is 8.89. The first-order chi connectivity index (χ1) is 17.5. The molecule has 1 saturated heterocycles. The third-order valence-electron chi connectivity index (χ3n) is 6.85. The molecule has 7 nitrogen and oxygen atoms in total. The quantitative estimate of drug-likeness (QED) is 0.370. The molecule has 0 unspecified atom stereocenters. The summed E-state index contributed by atoms with van der Waals surface area (Å²) < 4.78 is 18.8. The fourth-order valence-electron chi connectivity index (χ4n) is 5.20. The van der Waals surface area contributed by atoms with Crippen LogP contribution in [0.3, 0.4) is 0 Å². The van der Waals surface area contributed by atoms with Gasteiger partial charge in [-0.3, -0.25) is 4.98 Å². The maximum atomic E-state index is 5.90. The molecule has 2 aliphatic heterocycles. The molecule has 4 aromatic rings. The zero-order valence-electron chi connectivity index (χ0n) is 20.3. The summed E-state index contributed by atoms with van der Waals surface area (Å²) in [6, 6.07) is 22.0. The lowest BCUT2D eigenvalue weighted by Crippen LogP contribution is -2.29. The summed E-state index contributed by atoms with van der Waals surface area (Å²) in [5.74, 6) is 2.29. The van der Waals surface area contributed by atoms with Crippen LogP contribution in [0.25, 0.3) is 5.69 Å². The molecular formula is C28H26N4O3S. The maximum Gasteiger partial charge on any atom is 0.231 e. The van der Waals surface area contributed by atoms with Crippen LogP contribution in [0.2, 0.25) is 0 Å². The van der Waals surface area contributed by atoms with Crippen LogP contribution >= 0.6 is 12.2 Å². The van der Waals surface area contributed by atoms with E-state index in [0.29, 0.717) is 5.11 Å². The van der Waals surface area contributed by atoms with E-state index in [9.17, 15) is 0 Å². The summed E-state index contributed by atoms with van der Waals surface area (Å²) in [6.07, 6.45) is 1.82. The number of hydrogen-bond donors (Lipinski definition) is 1. The van der Waals surface area contributed by atoms with Gasteiger partial charge in [0, 0.05) is 35.0 Å². The van der Waals surface area contributed by atoms with Crippen molar-refractivity contribution in [2.45, 2.75) is 25.9 Å². The van der Waals surface area contributed by atoms with Crippen molar-refractivity contribution in [2.75, 3.05) is 18.8 Å². The zero-order chi connectivity index (χ0) is 24.8. The van der Waals surface area contributed by atoms with Gasteiger partial charge in [-0.15, -0.1) is 0 Å². The molecule has 0 aliphatic carbocycles. The van der Waals surface area contributed by atoms with Crippen molar-refractivity contribution in [3.8, 4) is 22.9 Å². The molecule has 1 N–H and O–H groups in total. The summed E-state index contributed by atoms with van der Waals surface area (Å²) in [6.45, 7) is 4.51. The minimum Gasteiger partial charge on any atom is -0.497 e. The van der Waals surface area contributed by atoms with Crippen molar-refractivity contribution < 1.29 is 14.2 Å². The van der Waals surface area contributed by atoms with Crippen LogP contribution in [0.15, 0.2) is 72.9 Å². The molecule has 0 saturated carbocycles. The molecular weight excluding hydrogens is 472 g/mol. The predicted molar refractivity (Wildman–Crippen MR) is 142 cm³/mol. The van der Waals surface area contributed by atoms with E-state index < -0.39 is 0 Å². The number of fused-ring (bicyclic) bond motifs is 1. The maximum absolute atomic E-state index is 5.90. The number of aromatic nitrogens is 2. The first kappa shape index (κ1) is 22.4. The Labute approximate surface area is 215 Å². The van der Waals surface area contributed by atoms with E-state index in [2.05, 4.69) is 51.8 Å². The summed E-state index contributed by atoms with van der Waals surface area (Å²) in [7, 11) is 1.68. The van der Waals surface area contributed by atoms with Crippen LogP contribution in [0.5, 0.6) is 17.2 Å². The monoisotopic (exact) mass is 498 g/mol. The number of thiocarbonyl (C=S) groups is 1. The fraction of sp³-hybridized carbons (Fsp3) is 0.214. The Morgan fingerprint density at radius 2 is 1.75 bits per heavy atom. The number of pyridine rings is 1. The highest BCUT2D eigenvalue weighted by atomic mass is 32.1. The van der Waals surface area contributed by atoms with Gasteiger partial charge in [0.2, 0.25) is 6.79 Å². The Morgan fingerprint density at radius 3 is 2.50 bits per heavy atom. The molecule has 6 rings (SSSR count). The van der Waals surface area contributed by atoms with Crippen molar-refractivity contribution in [3.05, 3.63) is 95.6 Å². The van der Waals surface area contributed by atoms with E-state index in [1.54, 1.807) is 7.11 Å². The number of nitrogens with zero attached hydrogens (tertiary/aromatic N) is 3. The predicted octanol–water partition coefficient (Wildman–Crippen LogP) is 5.40. The molecule has 0 radical (unpaired) electrons. The largest absolute Gasteiger partial charge is 0.497 e. The second-order valence-corrected chi connectivity index (χ2v) is 9.28. The van der Waals surface area contributed by atoms with Gasteiger partial charge in [0.25, 0.3) is 0 Å². The molecule has 0 bridgehead atoms. The highest BCUT2D eigenvalue weighted by Gasteiger charge is 2.42. The standard InChI is InChI=1S/C28H26N4O3S/c1-17-14-22(18(2)31(17)19-7-10-21(33-3)11-8-19)27-26(23-6-4-5-13-29-23)30-28(36)32(27)20-9-12-24-25(15-20)35-16-34-24/h4-15,26-27H,16H2,1-3H3,(H,30,36)/t26-,27+/m0/s1. The van der Waals surface area contributed by atoms with Crippen molar-refractivity contribution in [1.29, 1.82) is 0 Å². The Bertz CT molecular complexity index is 1440. The Kier molecular flexibility index (Phi) is 5.53. The van der Waals surface area contributed by atoms with Crippen LogP contribution in [0, 0.1) is 13.8 Å². The molecule has 36 heavy (non-hydrogen) atoms.